The Morgan fingerprint density at radius 1 is 1.24 bits per heavy atom. The Labute approximate surface area is 127 Å². The molecule has 4 heteroatoms. The van der Waals surface area contributed by atoms with E-state index in [1.165, 1.54) is 0 Å². The predicted molar refractivity (Wildman–Crippen MR) is 85.4 cm³/mol. The fraction of sp³-hybridized carbons (Fsp3) is 0.647. The van der Waals surface area contributed by atoms with Crippen molar-refractivity contribution >= 4 is 12.2 Å². The van der Waals surface area contributed by atoms with Gasteiger partial charge in [-0.3, -0.25) is 4.98 Å². The van der Waals surface area contributed by atoms with Crippen molar-refractivity contribution in [2.24, 2.45) is 10.8 Å². The highest BCUT2D eigenvalue weighted by molar-refractivity contribution is 6.74. The van der Waals surface area contributed by atoms with Crippen LogP contribution in [0, 0.1) is 28.0 Å². The molecule has 1 aromatic rings. The molecule has 2 rings (SSSR count). The molecule has 0 unspecified atom stereocenters. The lowest BCUT2D eigenvalue weighted by Gasteiger charge is -2.35. The Hall–Kier alpha value is -1.37. The zero-order valence-electron chi connectivity index (χ0n) is 13.9. The van der Waals surface area contributed by atoms with Gasteiger partial charge in [0.25, 0.3) is 0 Å². The van der Waals surface area contributed by atoms with Gasteiger partial charge in [-0.15, -0.1) is 0 Å². The van der Waals surface area contributed by atoms with Crippen molar-refractivity contribution in [1.29, 1.82) is 5.26 Å². The third-order valence-corrected chi connectivity index (χ3v) is 5.55. The maximum absolute atomic E-state index is 14.4. The summed E-state index contributed by atoms with van der Waals surface area (Å²) in [7, 11) is 0. The zero-order chi connectivity index (χ0) is 16.1. The van der Waals surface area contributed by atoms with E-state index in [2.05, 4.69) is 38.7 Å². The summed E-state index contributed by atoms with van der Waals surface area (Å²) in [5.41, 5.74) is 0.780. The molecule has 1 aliphatic rings. The molecule has 0 saturated carbocycles. The maximum Gasteiger partial charge on any atom is 0.179 e. The molecule has 0 bridgehead atoms. The number of halogens is 1. The molecule has 0 radical (unpaired) electrons. The average molecular weight is 286 g/mol. The number of pyridine rings is 1. The molecule has 0 aromatic carbocycles. The lowest BCUT2D eigenvalue weighted by Crippen LogP contribution is -2.31. The van der Waals surface area contributed by atoms with Crippen molar-refractivity contribution < 1.29 is 4.39 Å². The predicted octanol–water partition coefficient (Wildman–Crippen LogP) is 3.79. The monoisotopic (exact) mass is 286 g/mol. The third-order valence-electron chi connectivity index (χ3n) is 5.55. The maximum atomic E-state index is 14.4. The second kappa shape index (κ2) is 4.83. The quantitative estimate of drug-likeness (QED) is 0.775. The summed E-state index contributed by atoms with van der Waals surface area (Å²) in [6, 6.07) is 3.70. The number of aromatic nitrogens is 1. The van der Waals surface area contributed by atoms with Gasteiger partial charge in [0.05, 0.1) is 17.2 Å². The topological polar surface area (TPSA) is 36.7 Å². The highest BCUT2D eigenvalue weighted by Crippen LogP contribution is 2.52. The van der Waals surface area contributed by atoms with Crippen LogP contribution in [0.3, 0.4) is 0 Å². The Morgan fingerprint density at radius 3 is 2.19 bits per heavy atom. The van der Waals surface area contributed by atoms with Gasteiger partial charge in [-0.1, -0.05) is 45.8 Å². The number of nitrogens with zero attached hydrogens (tertiary/aromatic N) is 2. The summed E-state index contributed by atoms with van der Waals surface area (Å²) >= 11 is 0. The molecule has 0 atom stereocenters. The average Bonchev–Trinajstić information content (AvgIpc) is 2.58. The number of nitriles is 1. The fourth-order valence-corrected chi connectivity index (χ4v) is 3.28. The van der Waals surface area contributed by atoms with Crippen LogP contribution in [0.15, 0.2) is 12.3 Å². The summed E-state index contributed by atoms with van der Waals surface area (Å²) in [5.74, 6) is -0.360. The van der Waals surface area contributed by atoms with Crippen LogP contribution in [0.2, 0.25) is 12.6 Å². The van der Waals surface area contributed by atoms with E-state index in [1.54, 1.807) is 26.1 Å². The van der Waals surface area contributed by atoms with Crippen LogP contribution in [0.4, 0.5) is 4.39 Å². The number of hydrogen-bond donors (Lipinski definition) is 0. The first-order valence-corrected chi connectivity index (χ1v) is 7.57. The molecule has 0 aliphatic carbocycles. The number of rotatable bonds is 2. The first-order valence-electron chi connectivity index (χ1n) is 7.57. The van der Waals surface area contributed by atoms with E-state index >= 15 is 0 Å². The van der Waals surface area contributed by atoms with Crippen LogP contribution in [0.25, 0.3) is 0 Å². The van der Waals surface area contributed by atoms with Gasteiger partial charge in [0.1, 0.15) is 5.82 Å². The molecule has 0 N–H and O–H groups in total. The Bertz CT molecular complexity index is 583. The standard InChI is InChI=1S/C17H24BFN2/c1-15(2,11-20)14-13(19)7-12(8-21-14)18-9-16(3,4)17(5,6)10-18/h7-8H,9-10H2,1-6H3. The molecule has 2 nitrogen and oxygen atoms in total. The minimum absolute atomic E-state index is 0.235. The highest BCUT2D eigenvalue weighted by Gasteiger charge is 2.48. The minimum atomic E-state index is -0.892. The van der Waals surface area contributed by atoms with E-state index in [9.17, 15) is 4.39 Å². The van der Waals surface area contributed by atoms with Crippen LogP contribution in [0.5, 0.6) is 0 Å². The van der Waals surface area contributed by atoms with Crippen molar-refractivity contribution in [3.8, 4) is 6.07 Å². The Kier molecular flexibility index (Phi) is 3.68. The molecule has 1 fully saturated rings. The third kappa shape index (κ3) is 2.71. The van der Waals surface area contributed by atoms with E-state index < -0.39 is 5.41 Å². The van der Waals surface area contributed by atoms with E-state index in [4.69, 9.17) is 5.26 Å². The molecular weight excluding hydrogens is 262 g/mol. The lowest BCUT2D eigenvalue weighted by molar-refractivity contribution is 0.177. The lowest BCUT2D eigenvalue weighted by atomic mass is 9.42. The molecule has 0 spiro atoms. The summed E-state index contributed by atoms with van der Waals surface area (Å²) < 4.78 is 14.4. The van der Waals surface area contributed by atoms with Gasteiger partial charge >= 0.3 is 0 Å². The smallest absolute Gasteiger partial charge is 0.179 e. The van der Waals surface area contributed by atoms with E-state index in [0.29, 0.717) is 6.71 Å². The first-order chi connectivity index (χ1) is 9.50. The SMILES string of the molecule is CC(C)(C#N)c1ncc(B2CC(C)(C)C(C)(C)C2)cc1F. The number of hydrogen-bond acceptors (Lipinski definition) is 2. The van der Waals surface area contributed by atoms with Crippen molar-refractivity contribution in [2.75, 3.05) is 0 Å². The van der Waals surface area contributed by atoms with Crippen molar-refractivity contribution in [3.63, 3.8) is 0 Å². The molecule has 0 amide bonds. The van der Waals surface area contributed by atoms with Crippen molar-refractivity contribution in [2.45, 2.75) is 59.6 Å². The minimum Gasteiger partial charge on any atom is -0.257 e. The normalized spacial score (nSPS) is 20.4. The van der Waals surface area contributed by atoms with Gasteiger partial charge in [-0.05, 0) is 30.7 Å². The summed E-state index contributed by atoms with van der Waals surface area (Å²) in [6.45, 7) is 12.9. The summed E-state index contributed by atoms with van der Waals surface area (Å²) in [6.07, 6.45) is 3.85. The van der Waals surface area contributed by atoms with E-state index in [-0.39, 0.29) is 22.3 Å². The molecule has 1 aliphatic heterocycles. The Morgan fingerprint density at radius 2 is 1.76 bits per heavy atom. The molecule has 1 aromatic heterocycles. The van der Waals surface area contributed by atoms with Crippen molar-refractivity contribution in [3.05, 3.63) is 23.8 Å². The van der Waals surface area contributed by atoms with Gasteiger partial charge in [0.2, 0.25) is 0 Å². The van der Waals surface area contributed by atoms with E-state index in [0.717, 1.165) is 18.1 Å². The summed E-state index contributed by atoms with van der Waals surface area (Å²) in [5, 5.41) is 9.13. The van der Waals surface area contributed by atoms with Crippen LogP contribution in [0.1, 0.15) is 47.2 Å². The molecule has 2 heterocycles. The Balaban J connectivity index is 2.34. The van der Waals surface area contributed by atoms with Gasteiger partial charge in [-0.2, -0.15) is 5.26 Å². The van der Waals surface area contributed by atoms with Gasteiger partial charge in [0, 0.05) is 6.20 Å². The van der Waals surface area contributed by atoms with Crippen LogP contribution in [-0.2, 0) is 5.41 Å². The molecular formula is C17H24BFN2. The first kappa shape index (κ1) is 16.0. The second-order valence-corrected chi connectivity index (χ2v) is 8.21. The van der Waals surface area contributed by atoms with Crippen LogP contribution < -0.4 is 5.46 Å². The fourth-order valence-electron chi connectivity index (χ4n) is 3.28. The van der Waals surface area contributed by atoms with Gasteiger partial charge in [-0.25, -0.2) is 4.39 Å². The summed E-state index contributed by atoms with van der Waals surface area (Å²) in [4.78, 5) is 4.26. The second-order valence-electron chi connectivity index (χ2n) is 8.21. The van der Waals surface area contributed by atoms with Crippen LogP contribution in [-0.4, -0.2) is 11.7 Å². The molecule has 21 heavy (non-hydrogen) atoms. The molecule has 112 valence electrons. The molecule has 1 saturated heterocycles. The van der Waals surface area contributed by atoms with Gasteiger partial charge < -0.3 is 0 Å². The highest BCUT2D eigenvalue weighted by atomic mass is 19.1. The van der Waals surface area contributed by atoms with E-state index in [1.807, 2.05) is 0 Å². The zero-order valence-corrected chi connectivity index (χ0v) is 13.9. The largest absolute Gasteiger partial charge is 0.257 e. The van der Waals surface area contributed by atoms with Gasteiger partial charge in [0.15, 0.2) is 6.71 Å². The van der Waals surface area contributed by atoms with Crippen molar-refractivity contribution in [1.82, 2.24) is 4.98 Å². The van der Waals surface area contributed by atoms with Crippen LogP contribution >= 0.6 is 0 Å².